The first-order chi connectivity index (χ1) is 16.8. The highest BCUT2D eigenvalue weighted by molar-refractivity contribution is 6.38. The number of carbonyl (C=O) groups is 1. The van der Waals surface area contributed by atoms with Crippen molar-refractivity contribution >= 4 is 35.0 Å². The van der Waals surface area contributed by atoms with Crippen molar-refractivity contribution in [2.75, 3.05) is 11.9 Å². The van der Waals surface area contributed by atoms with Crippen LogP contribution in [0.25, 0.3) is 5.70 Å². The molecule has 3 aromatic carbocycles. The molecular weight excluding hydrogens is 438 g/mol. The summed E-state index contributed by atoms with van der Waals surface area (Å²) < 4.78 is 5.69. The fourth-order valence-electron chi connectivity index (χ4n) is 3.49. The Hall–Kier alpha value is -4.19. The second kappa shape index (κ2) is 11.8. The van der Waals surface area contributed by atoms with Gasteiger partial charge in [-0.15, -0.1) is 0 Å². The number of rotatable bonds is 11. The molecule has 0 amide bonds. The number of anilines is 1. The maximum Gasteiger partial charge on any atom is 0.303 e. The lowest BCUT2D eigenvalue weighted by atomic mass is 10.0. The Morgan fingerprint density at radius 2 is 1.83 bits per heavy atom. The van der Waals surface area contributed by atoms with E-state index in [2.05, 4.69) is 11.9 Å². The van der Waals surface area contributed by atoms with Gasteiger partial charge in [0.2, 0.25) is 0 Å². The molecule has 3 N–H and O–H groups in total. The van der Waals surface area contributed by atoms with E-state index in [9.17, 15) is 4.79 Å². The highest BCUT2D eigenvalue weighted by Crippen LogP contribution is 2.26. The summed E-state index contributed by atoms with van der Waals surface area (Å²) in [5.74, 6) is -0.171. The molecule has 3 aromatic rings. The van der Waals surface area contributed by atoms with Crippen molar-refractivity contribution in [1.29, 1.82) is 5.41 Å². The fraction of sp³-hybridized carbons (Fsp3) is 0.207. The minimum Gasteiger partial charge on any atom is -0.494 e. The normalized spacial score (nSPS) is 11.1. The van der Waals surface area contributed by atoms with Gasteiger partial charge in [-0.2, -0.15) is 0 Å². The van der Waals surface area contributed by atoms with Crippen LogP contribution in [0.5, 0.6) is 5.75 Å². The summed E-state index contributed by atoms with van der Waals surface area (Å²) in [6, 6.07) is 19.6. The van der Waals surface area contributed by atoms with E-state index in [4.69, 9.17) is 20.2 Å². The molecule has 0 heterocycles. The second-order valence-corrected chi connectivity index (χ2v) is 8.44. The lowest BCUT2D eigenvalue weighted by Crippen LogP contribution is -2.05. The van der Waals surface area contributed by atoms with E-state index in [-0.39, 0.29) is 6.42 Å². The maximum absolute atomic E-state index is 10.7. The van der Waals surface area contributed by atoms with Crippen molar-refractivity contribution in [3.8, 4) is 5.75 Å². The average Bonchev–Trinajstić information content (AvgIpc) is 2.84. The van der Waals surface area contributed by atoms with Gasteiger partial charge in [0.1, 0.15) is 5.75 Å². The fourth-order valence-corrected chi connectivity index (χ4v) is 3.49. The number of aliphatic imine (C=N–C) groups is 1. The predicted molar refractivity (Wildman–Crippen MR) is 144 cm³/mol. The molecule has 0 saturated heterocycles. The SMILES string of the molecule is C=C(Nc1cc(C(C=N)=Nc2cc(C)ccc2C)ccc1C)c1cccc(OCCCC(=O)O)c1. The Labute approximate surface area is 206 Å². The highest BCUT2D eigenvalue weighted by atomic mass is 16.5. The third-order valence-corrected chi connectivity index (χ3v) is 5.55. The molecule has 0 unspecified atom stereocenters. The topological polar surface area (TPSA) is 94.8 Å². The minimum atomic E-state index is -0.831. The average molecular weight is 470 g/mol. The van der Waals surface area contributed by atoms with Gasteiger partial charge in [0.05, 0.1) is 18.0 Å². The molecular formula is C29H31N3O3. The van der Waals surface area contributed by atoms with Crippen LogP contribution in [0.4, 0.5) is 11.4 Å². The number of benzene rings is 3. The number of nitrogens with one attached hydrogen (secondary N) is 2. The van der Waals surface area contributed by atoms with Crippen LogP contribution >= 0.6 is 0 Å². The molecule has 0 radical (unpaired) electrons. The van der Waals surface area contributed by atoms with Crippen LogP contribution in [0.2, 0.25) is 0 Å². The van der Waals surface area contributed by atoms with Gasteiger partial charge >= 0.3 is 5.97 Å². The molecule has 0 spiro atoms. The molecule has 6 nitrogen and oxygen atoms in total. The Morgan fingerprint density at radius 1 is 1.06 bits per heavy atom. The highest BCUT2D eigenvalue weighted by Gasteiger charge is 2.09. The third-order valence-electron chi connectivity index (χ3n) is 5.55. The van der Waals surface area contributed by atoms with Gasteiger partial charge in [-0.05, 0) is 68.1 Å². The van der Waals surface area contributed by atoms with Gasteiger partial charge < -0.3 is 20.6 Å². The van der Waals surface area contributed by atoms with Crippen molar-refractivity contribution in [3.63, 3.8) is 0 Å². The maximum atomic E-state index is 10.7. The summed E-state index contributed by atoms with van der Waals surface area (Å²) in [5.41, 5.74) is 7.90. The van der Waals surface area contributed by atoms with E-state index in [1.807, 2.05) is 81.4 Å². The Bertz CT molecular complexity index is 1280. The molecule has 180 valence electrons. The number of aryl methyl sites for hydroxylation is 3. The Kier molecular flexibility index (Phi) is 8.57. The van der Waals surface area contributed by atoms with Gasteiger partial charge in [0.15, 0.2) is 0 Å². The molecule has 0 saturated carbocycles. The monoisotopic (exact) mass is 469 g/mol. The molecule has 0 fully saturated rings. The van der Waals surface area contributed by atoms with Gasteiger partial charge in [0, 0.05) is 35.1 Å². The molecule has 0 aliphatic rings. The van der Waals surface area contributed by atoms with E-state index in [0.717, 1.165) is 39.2 Å². The van der Waals surface area contributed by atoms with Crippen molar-refractivity contribution in [2.24, 2.45) is 4.99 Å². The molecule has 0 aliphatic heterocycles. The first-order valence-corrected chi connectivity index (χ1v) is 11.4. The van der Waals surface area contributed by atoms with Crippen molar-refractivity contribution in [3.05, 3.63) is 95.1 Å². The zero-order chi connectivity index (χ0) is 25.4. The quantitative estimate of drug-likeness (QED) is 0.215. The lowest BCUT2D eigenvalue weighted by Gasteiger charge is -2.15. The summed E-state index contributed by atoms with van der Waals surface area (Å²) in [4.78, 5) is 15.4. The molecule has 0 aromatic heterocycles. The number of hydrogen-bond acceptors (Lipinski definition) is 5. The van der Waals surface area contributed by atoms with Gasteiger partial charge in [-0.3, -0.25) is 4.79 Å². The molecule has 35 heavy (non-hydrogen) atoms. The molecule has 0 atom stereocenters. The van der Waals surface area contributed by atoms with E-state index < -0.39 is 5.97 Å². The van der Waals surface area contributed by atoms with E-state index in [1.54, 1.807) is 0 Å². The molecule has 0 aliphatic carbocycles. The first kappa shape index (κ1) is 25.4. The number of ether oxygens (including phenoxy) is 1. The van der Waals surface area contributed by atoms with Crippen molar-refractivity contribution in [2.45, 2.75) is 33.6 Å². The van der Waals surface area contributed by atoms with Gasteiger partial charge in [0.25, 0.3) is 0 Å². The number of aliphatic carboxylic acids is 1. The summed E-state index contributed by atoms with van der Waals surface area (Å²) in [7, 11) is 0. The van der Waals surface area contributed by atoms with Crippen molar-refractivity contribution < 1.29 is 14.6 Å². The largest absolute Gasteiger partial charge is 0.494 e. The van der Waals surface area contributed by atoms with Crippen LogP contribution < -0.4 is 10.1 Å². The Morgan fingerprint density at radius 3 is 2.57 bits per heavy atom. The van der Waals surface area contributed by atoms with Crippen LogP contribution in [-0.2, 0) is 4.79 Å². The molecule has 3 rings (SSSR count). The zero-order valence-electron chi connectivity index (χ0n) is 20.4. The predicted octanol–water partition coefficient (Wildman–Crippen LogP) is 6.71. The number of hydrogen-bond donors (Lipinski definition) is 3. The third kappa shape index (κ3) is 7.14. The summed E-state index contributed by atoms with van der Waals surface area (Å²) in [6.07, 6.45) is 1.80. The number of nitrogens with zero attached hydrogens (tertiary/aromatic N) is 1. The van der Waals surface area contributed by atoms with Crippen LogP contribution in [0, 0.1) is 26.2 Å². The van der Waals surface area contributed by atoms with Crippen LogP contribution in [0.1, 0.15) is 40.7 Å². The van der Waals surface area contributed by atoms with E-state index >= 15 is 0 Å². The van der Waals surface area contributed by atoms with Crippen LogP contribution in [-0.4, -0.2) is 29.6 Å². The zero-order valence-corrected chi connectivity index (χ0v) is 20.4. The minimum absolute atomic E-state index is 0.0774. The smallest absolute Gasteiger partial charge is 0.303 e. The number of carboxylic acid groups (broad SMARTS) is 1. The van der Waals surface area contributed by atoms with Crippen LogP contribution in [0.15, 0.2) is 72.2 Å². The number of carboxylic acids is 1. The lowest BCUT2D eigenvalue weighted by molar-refractivity contribution is -0.137. The summed E-state index contributed by atoms with van der Waals surface area (Å²) >= 11 is 0. The molecule has 0 bridgehead atoms. The van der Waals surface area contributed by atoms with Gasteiger partial charge in [-0.25, -0.2) is 4.99 Å². The van der Waals surface area contributed by atoms with E-state index in [0.29, 0.717) is 30.2 Å². The standard InChI is InChI=1S/C29H31N3O3/c1-19-10-11-20(2)26(15-19)32-28(18-30)24-13-12-21(3)27(17-24)31-22(4)23-7-5-8-25(16-23)35-14-6-9-29(33)34/h5,7-8,10-13,15-18,30-31H,4,6,9,14H2,1-3H3,(H,33,34). The van der Waals surface area contributed by atoms with Crippen molar-refractivity contribution in [1.82, 2.24) is 0 Å². The molecule has 6 heteroatoms. The first-order valence-electron chi connectivity index (χ1n) is 11.4. The summed E-state index contributed by atoms with van der Waals surface area (Å²) in [6.45, 7) is 10.6. The summed E-state index contributed by atoms with van der Waals surface area (Å²) in [5, 5.41) is 20.1. The van der Waals surface area contributed by atoms with E-state index in [1.165, 1.54) is 6.21 Å². The van der Waals surface area contributed by atoms with Gasteiger partial charge in [-0.1, -0.05) is 43.0 Å². The Balaban J connectivity index is 1.79. The van der Waals surface area contributed by atoms with Crippen LogP contribution in [0.3, 0.4) is 0 Å². The second-order valence-electron chi connectivity index (χ2n) is 8.44.